The number of carbonyl (C=O) groups excluding carboxylic acids is 1. The van der Waals surface area contributed by atoms with Gasteiger partial charge in [-0.3, -0.25) is 4.79 Å². The fourth-order valence-corrected chi connectivity index (χ4v) is 3.56. The first-order valence-electron chi connectivity index (χ1n) is 9.09. The van der Waals surface area contributed by atoms with Crippen LogP contribution in [0.4, 0.5) is 11.4 Å². The Bertz CT molecular complexity index is 739. The number of aryl methyl sites for hydroxylation is 1. The predicted molar refractivity (Wildman–Crippen MR) is 104 cm³/mol. The highest BCUT2D eigenvalue weighted by Gasteiger charge is 2.22. The molecule has 132 valence electrons. The van der Waals surface area contributed by atoms with Crippen LogP contribution in [-0.4, -0.2) is 19.5 Å². The molecule has 0 saturated carbocycles. The molecule has 1 atom stereocenters. The van der Waals surface area contributed by atoms with E-state index in [-0.39, 0.29) is 11.9 Å². The van der Waals surface area contributed by atoms with Crippen LogP contribution in [0, 0.1) is 0 Å². The van der Waals surface area contributed by atoms with Crippen LogP contribution in [0.3, 0.4) is 0 Å². The summed E-state index contributed by atoms with van der Waals surface area (Å²) in [5.74, 6) is -0.0145. The van der Waals surface area contributed by atoms with Crippen molar-refractivity contribution in [2.75, 3.05) is 24.2 Å². The number of hydrogen-bond acceptors (Lipinski definition) is 3. The van der Waals surface area contributed by atoms with Gasteiger partial charge in [-0.15, -0.1) is 0 Å². The summed E-state index contributed by atoms with van der Waals surface area (Å²) in [6.07, 6.45) is 4.18. The Labute approximate surface area is 150 Å². The fourth-order valence-electron chi connectivity index (χ4n) is 3.56. The van der Waals surface area contributed by atoms with Gasteiger partial charge in [0.2, 0.25) is 0 Å². The monoisotopic (exact) mass is 337 g/mol. The number of nitrogens with two attached hydrogens (primary N) is 1. The number of nitrogens with one attached hydrogen (secondary N) is 1. The SMILES string of the molecule is CCCN(C)c1ccc(C(=O)NC2CCCc3cc(N)ccc32)cc1. The molecule has 1 amide bonds. The lowest BCUT2D eigenvalue weighted by molar-refractivity contribution is 0.0933. The van der Waals surface area contributed by atoms with E-state index in [9.17, 15) is 4.79 Å². The third-order valence-electron chi connectivity index (χ3n) is 4.92. The Balaban J connectivity index is 1.71. The van der Waals surface area contributed by atoms with E-state index in [4.69, 9.17) is 5.73 Å². The van der Waals surface area contributed by atoms with Crippen molar-refractivity contribution in [3.63, 3.8) is 0 Å². The average molecular weight is 337 g/mol. The van der Waals surface area contributed by atoms with Gasteiger partial charge in [0.25, 0.3) is 5.91 Å². The van der Waals surface area contributed by atoms with Gasteiger partial charge in [-0.25, -0.2) is 0 Å². The van der Waals surface area contributed by atoms with Gasteiger partial charge < -0.3 is 16.0 Å². The molecule has 2 aromatic rings. The molecule has 0 heterocycles. The Morgan fingerprint density at radius 3 is 2.72 bits per heavy atom. The highest BCUT2D eigenvalue weighted by atomic mass is 16.1. The molecule has 0 bridgehead atoms. The topological polar surface area (TPSA) is 58.4 Å². The second-order valence-electron chi connectivity index (χ2n) is 6.84. The van der Waals surface area contributed by atoms with Crippen LogP contribution < -0.4 is 16.0 Å². The van der Waals surface area contributed by atoms with Gasteiger partial charge in [0.1, 0.15) is 0 Å². The highest BCUT2D eigenvalue weighted by Crippen LogP contribution is 2.31. The van der Waals surface area contributed by atoms with Crippen LogP contribution in [0.1, 0.15) is 53.7 Å². The second-order valence-corrected chi connectivity index (χ2v) is 6.84. The molecule has 0 aliphatic heterocycles. The molecule has 0 saturated heterocycles. The Morgan fingerprint density at radius 1 is 1.24 bits per heavy atom. The Kier molecular flexibility index (Phi) is 5.27. The summed E-state index contributed by atoms with van der Waals surface area (Å²) in [7, 11) is 2.07. The van der Waals surface area contributed by atoms with Crippen LogP contribution in [0.2, 0.25) is 0 Å². The highest BCUT2D eigenvalue weighted by molar-refractivity contribution is 5.94. The second kappa shape index (κ2) is 7.60. The molecule has 1 aliphatic carbocycles. The number of rotatable bonds is 5. The molecule has 4 nitrogen and oxygen atoms in total. The van der Waals surface area contributed by atoms with Gasteiger partial charge in [0.15, 0.2) is 0 Å². The minimum atomic E-state index is -0.0145. The summed E-state index contributed by atoms with van der Waals surface area (Å²) >= 11 is 0. The Hall–Kier alpha value is -2.49. The summed E-state index contributed by atoms with van der Waals surface area (Å²) in [4.78, 5) is 14.8. The third kappa shape index (κ3) is 3.95. The zero-order valence-electron chi connectivity index (χ0n) is 15.1. The van der Waals surface area contributed by atoms with Crippen molar-refractivity contribution in [1.29, 1.82) is 0 Å². The van der Waals surface area contributed by atoms with E-state index in [1.165, 1.54) is 11.1 Å². The molecule has 1 unspecified atom stereocenters. The fraction of sp³-hybridized carbons (Fsp3) is 0.381. The quantitative estimate of drug-likeness (QED) is 0.813. The normalized spacial score (nSPS) is 16.2. The minimum absolute atomic E-state index is 0.0145. The number of anilines is 2. The molecule has 0 aromatic heterocycles. The smallest absolute Gasteiger partial charge is 0.251 e. The van der Waals surface area contributed by atoms with E-state index in [0.29, 0.717) is 5.56 Å². The predicted octanol–water partition coefficient (Wildman–Crippen LogP) is 3.92. The van der Waals surface area contributed by atoms with Gasteiger partial charge in [0.05, 0.1) is 6.04 Å². The van der Waals surface area contributed by atoms with Gasteiger partial charge in [-0.05, 0) is 73.2 Å². The largest absolute Gasteiger partial charge is 0.399 e. The lowest BCUT2D eigenvalue weighted by Gasteiger charge is -2.27. The summed E-state index contributed by atoms with van der Waals surface area (Å²) in [5.41, 5.74) is 11.0. The molecule has 0 spiro atoms. The van der Waals surface area contributed by atoms with Crippen molar-refractivity contribution >= 4 is 17.3 Å². The van der Waals surface area contributed by atoms with Crippen LogP contribution in [0.15, 0.2) is 42.5 Å². The molecule has 4 heteroatoms. The van der Waals surface area contributed by atoms with Gasteiger partial charge in [0, 0.05) is 30.5 Å². The summed E-state index contributed by atoms with van der Waals surface area (Å²) < 4.78 is 0. The van der Waals surface area contributed by atoms with Gasteiger partial charge in [-0.1, -0.05) is 13.0 Å². The van der Waals surface area contributed by atoms with Gasteiger partial charge >= 0.3 is 0 Å². The van der Waals surface area contributed by atoms with Crippen molar-refractivity contribution in [1.82, 2.24) is 5.32 Å². The van der Waals surface area contributed by atoms with Crippen LogP contribution in [0.5, 0.6) is 0 Å². The van der Waals surface area contributed by atoms with E-state index < -0.39 is 0 Å². The first-order chi connectivity index (χ1) is 12.1. The lowest BCUT2D eigenvalue weighted by Crippen LogP contribution is -2.31. The Morgan fingerprint density at radius 2 is 2.00 bits per heavy atom. The van der Waals surface area contributed by atoms with Crippen LogP contribution in [0.25, 0.3) is 0 Å². The first kappa shape index (κ1) is 17.3. The maximum Gasteiger partial charge on any atom is 0.251 e. The van der Waals surface area contributed by atoms with E-state index in [1.807, 2.05) is 36.4 Å². The van der Waals surface area contributed by atoms with E-state index in [0.717, 1.165) is 43.6 Å². The molecule has 25 heavy (non-hydrogen) atoms. The maximum atomic E-state index is 12.6. The van der Waals surface area contributed by atoms with Crippen molar-refractivity contribution in [3.05, 3.63) is 59.2 Å². The van der Waals surface area contributed by atoms with Crippen molar-refractivity contribution in [2.45, 2.75) is 38.6 Å². The van der Waals surface area contributed by atoms with E-state index in [1.54, 1.807) is 0 Å². The number of hydrogen-bond donors (Lipinski definition) is 2. The summed E-state index contributed by atoms with van der Waals surface area (Å²) in [6, 6.07) is 13.9. The van der Waals surface area contributed by atoms with E-state index >= 15 is 0 Å². The zero-order valence-corrected chi connectivity index (χ0v) is 15.1. The molecular weight excluding hydrogens is 310 g/mol. The molecule has 0 radical (unpaired) electrons. The van der Waals surface area contributed by atoms with Crippen LogP contribution in [-0.2, 0) is 6.42 Å². The molecule has 2 aromatic carbocycles. The molecule has 3 rings (SSSR count). The van der Waals surface area contributed by atoms with Crippen LogP contribution >= 0.6 is 0 Å². The maximum absolute atomic E-state index is 12.6. The minimum Gasteiger partial charge on any atom is -0.399 e. The number of benzene rings is 2. The standard InChI is InChI=1S/C21H27N3O/c1-3-13-24(2)18-10-7-15(8-11-18)21(25)23-20-6-4-5-16-14-17(22)9-12-19(16)20/h7-12,14,20H,3-6,13,22H2,1-2H3,(H,23,25). The number of nitrogens with zero attached hydrogens (tertiary/aromatic N) is 1. The number of nitrogen functional groups attached to an aromatic ring is 1. The third-order valence-corrected chi connectivity index (χ3v) is 4.92. The number of fused-ring (bicyclic) bond motifs is 1. The van der Waals surface area contributed by atoms with Crippen molar-refractivity contribution in [3.8, 4) is 0 Å². The van der Waals surface area contributed by atoms with Crippen molar-refractivity contribution < 1.29 is 4.79 Å². The van der Waals surface area contributed by atoms with Crippen molar-refractivity contribution in [2.24, 2.45) is 0 Å². The molecule has 3 N–H and O–H groups in total. The lowest BCUT2D eigenvalue weighted by atomic mass is 9.87. The average Bonchev–Trinajstić information content (AvgIpc) is 2.62. The summed E-state index contributed by atoms with van der Waals surface area (Å²) in [6.45, 7) is 3.17. The molecule has 0 fully saturated rings. The number of carbonyl (C=O) groups is 1. The molecule has 1 aliphatic rings. The molecular formula is C21H27N3O. The summed E-state index contributed by atoms with van der Waals surface area (Å²) in [5, 5.41) is 3.19. The number of amides is 1. The van der Waals surface area contributed by atoms with E-state index in [2.05, 4.69) is 30.3 Å². The first-order valence-corrected chi connectivity index (χ1v) is 9.09. The van der Waals surface area contributed by atoms with Gasteiger partial charge in [-0.2, -0.15) is 0 Å². The zero-order chi connectivity index (χ0) is 17.8.